The molecule has 3 N–H and O–H groups in total. The summed E-state index contributed by atoms with van der Waals surface area (Å²) in [6.07, 6.45) is -0.164. The van der Waals surface area contributed by atoms with Gasteiger partial charge in [0.1, 0.15) is 18.0 Å². The molecule has 2 aromatic carbocycles. The number of rotatable bonds is 8. The van der Waals surface area contributed by atoms with Crippen molar-refractivity contribution < 1.29 is 24.5 Å². The summed E-state index contributed by atoms with van der Waals surface area (Å²) < 4.78 is 6.95. The highest BCUT2D eigenvalue weighted by Gasteiger charge is 2.39. The van der Waals surface area contributed by atoms with Gasteiger partial charge in [-0.05, 0) is 58.5 Å². The van der Waals surface area contributed by atoms with Crippen molar-refractivity contribution in [2.24, 2.45) is 0 Å². The maximum Gasteiger partial charge on any atom is 0.247 e. The van der Waals surface area contributed by atoms with Crippen LogP contribution in [-0.4, -0.2) is 58.3 Å². The van der Waals surface area contributed by atoms with E-state index in [0.717, 1.165) is 9.13 Å². The number of hydrogen-bond acceptors (Lipinski definition) is 5. The maximum atomic E-state index is 12.7. The van der Waals surface area contributed by atoms with E-state index in [-0.39, 0.29) is 37.9 Å². The molecular weight excluding hydrogens is 559 g/mol. The summed E-state index contributed by atoms with van der Waals surface area (Å²) in [5.41, 5.74) is 1.23. The highest BCUT2D eigenvalue weighted by Crippen LogP contribution is 2.30. The second-order valence-corrected chi connectivity index (χ2v) is 9.32. The van der Waals surface area contributed by atoms with Crippen LogP contribution in [0.4, 0.5) is 0 Å². The number of aliphatic hydroxyl groups excluding tert-OH is 2. The number of hydrogen-bond donors (Lipinski definition) is 3. The number of carbonyl (C=O) groups is 2. The monoisotopic (exact) mass is 584 g/mol. The van der Waals surface area contributed by atoms with E-state index in [2.05, 4.69) is 27.9 Å². The van der Waals surface area contributed by atoms with Crippen LogP contribution in [0.3, 0.4) is 0 Å². The van der Waals surface area contributed by atoms with Crippen LogP contribution in [0.2, 0.25) is 5.02 Å². The van der Waals surface area contributed by atoms with Gasteiger partial charge >= 0.3 is 0 Å². The largest absolute Gasteiger partial charge is 0.482 e. The standard InChI is InChI=1S/C24H26ClIN2O5/c1-15(30)28(14-16-6-8-18(25)9-7-16)20-12-17(24(32)27-10-11-29)13-22(23(20)31)33-21-5-3-2-4-19(21)26/h2-9,13,20,22-23,29,31H,10-12,14H2,1H3,(H,27,32)/t20-,22+,23+/m1/s1. The molecule has 0 aliphatic heterocycles. The average Bonchev–Trinajstić information content (AvgIpc) is 2.79. The molecule has 0 saturated carbocycles. The Labute approximate surface area is 211 Å². The zero-order chi connectivity index (χ0) is 24.0. The van der Waals surface area contributed by atoms with E-state index >= 15 is 0 Å². The quantitative estimate of drug-likeness (QED) is 0.415. The van der Waals surface area contributed by atoms with Crippen LogP contribution in [0, 0.1) is 3.57 Å². The van der Waals surface area contributed by atoms with Gasteiger partial charge in [-0.2, -0.15) is 0 Å². The molecule has 1 aliphatic rings. The summed E-state index contributed by atoms with van der Waals surface area (Å²) in [4.78, 5) is 26.9. The third-order valence-electron chi connectivity index (χ3n) is 5.39. The van der Waals surface area contributed by atoms with Gasteiger partial charge in [0.2, 0.25) is 11.8 Å². The summed E-state index contributed by atoms with van der Waals surface area (Å²) in [6.45, 7) is 1.59. The van der Waals surface area contributed by atoms with Gasteiger partial charge in [-0.3, -0.25) is 9.59 Å². The van der Waals surface area contributed by atoms with E-state index in [1.165, 1.54) is 6.92 Å². The van der Waals surface area contributed by atoms with E-state index in [4.69, 9.17) is 21.4 Å². The van der Waals surface area contributed by atoms with Crippen molar-refractivity contribution >= 4 is 46.0 Å². The highest BCUT2D eigenvalue weighted by atomic mass is 127. The molecule has 33 heavy (non-hydrogen) atoms. The van der Waals surface area contributed by atoms with Gasteiger partial charge in [-0.15, -0.1) is 0 Å². The lowest BCUT2D eigenvalue weighted by atomic mass is 9.88. The first-order valence-corrected chi connectivity index (χ1v) is 12.0. The van der Waals surface area contributed by atoms with Crippen LogP contribution in [0.5, 0.6) is 5.75 Å². The summed E-state index contributed by atoms with van der Waals surface area (Å²) in [5, 5.41) is 23.5. The molecule has 0 radical (unpaired) electrons. The third-order valence-corrected chi connectivity index (χ3v) is 6.53. The van der Waals surface area contributed by atoms with Gasteiger partial charge in [0.25, 0.3) is 0 Å². The highest BCUT2D eigenvalue weighted by molar-refractivity contribution is 14.1. The molecule has 0 spiro atoms. The fraction of sp³-hybridized carbons (Fsp3) is 0.333. The van der Waals surface area contributed by atoms with E-state index < -0.39 is 18.2 Å². The summed E-state index contributed by atoms with van der Waals surface area (Å²) in [7, 11) is 0. The van der Waals surface area contributed by atoms with Crippen molar-refractivity contribution in [3.63, 3.8) is 0 Å². The molecule has 3 rings (SSSR count). The molecule has 0 unspecified atom stereocenters. The van der Waals surface area contributed by atoms with Crippen LogP contribution >= 0.6 is 34.2 Å². The first-order chi connectivity index (χ1) is 15.8. The molecule has 0 fully saturated rings. The first kappa shape index (κ1) is 25.5. The fourth-order valence-corrected chi connectivity index (χ4v) is 4.36. The molecule has 176 valence electrons. The molecule has 9 heteroatoms. The summed E-state index contributed by atoms with van der Waals surface area (Å²) in [6, 6.07) is 13.8. The molecule has 0 heterocycles. The molecule has 3 atom stereocenters. The van der Waals surface area contributed by atoms with Gasteiger partial charge in [-0.25, -0.2) is 0 Å². The topological polar surface area (TPSA) is 99.1 Å². The minimum absolute atomic E-state index is 0.104. The number of para-hydroxylation sites is 1. The molecule has 0 saturated heterocycles. The van der Waals surface area contributed by atoms with E-state index in [1.54, 1.807) is 29.2 Å². The predicted octanol–water partition coefficient (Wildman–Crippen LogP) is 2.91. The van der Waals surface area contributed by atoms with Crippen molar-refractivity contribution in [2.45, 2.75) is 38.1 Å². The van der Waals surface area contributed by atoms with Crippen LogP contribution in [0.25, 0.3) is 0 Å². The third kappa shape index (κ3) is 6.69. The first-order valence-electron chi connectivity index (χ1n) is 10.5. The average molecular weight is 585 g/mol. The Balaban J connectivity index is 1.92. The van der Waals surface area contributed by atoms with E-state index in [1.807, 2.05) is 30.3 Å². The summed E-state index contributed by atoms with van der Waals surface area (Å²) in [5.74, 6) is -0.0346. The van der Waals surface area contributed by atoms with E-state index in [9.17, 15) is 14.7 Å². The van der Waals surface area contributed by atoms with Crippen molar-refractivity contribution in [3.8, 4) is 5.75 Å². The second-order valence-electron chi connectivity index (χ2n) is 7.72. The predicted molar refractivity (Wildman–Crippen MR) is 134 cm³/mol. The normalized spacial score (nSPS) is 20.0. The smallest absolute Gasteiger partial charge is 0.247 e. The molecule has 1 aliphatic carbocycles. The van der Waals surface area contributed by atoms with Crippen LogP contribution in [-0.2, 0) is 16.1 Å². The van der Waals surface area contributed by atoms with Crippen LogP contribution in [0.1, 0.15) is 18.9 Å². The molecule has 0 aromatic heterocycles. The Morgan fingerprint density at radius 3 is 2.55 bits per heavy atom. The van der Waals surface area contributed by atoms with Crippen molar-refractivity contribution in [1.29, 1.82) is 0 Å². The number of aliphatic hydroxyl groups is 2. The Hall–Kier alpha value is -2.14. The van der Waals surface area contributed by atoms with Gasteiger partial charge in [0.05, 0.1) is 16.2 Å². The van der Waals surface area contributed by atoms with Gasteiger partial charge in [-0.1, -0.05) is 35.9 Å². The van der Waals surface area contributed by atoms with E-state index in [0.29, 0.717) is 16.3 Å². The van der Waals surface area contributed by atoms with Crippen molar-refractivity contribution in [3.05, 3.63) is 74.3 Å². The molecule has 0 bridgehead atoms. The summed E-state index contributed by atoms with van der Waals surface area (Å²) >= 11 is 8.12. The number of carbonyl (C=O) groups excluding carboxylic acids is 2. The zero-order valence-electron chi connectivity index (χ0n) is 18.1. The van der Waals surface area contributed by atoms with Gasteiger partial charge in [0, 0.05) is 37.0 Å². The molecule has 2 amide bonds. The number of ether oxygens (including phenoxy) is 1. The minimum atomic E-state index is -1.06. The molecular formula is C24H26ClIN2O5. The lowest BCUT2D eigenvalue weighted by Crippen LogP contribution is -2.54. The molecule has 7 nitrogen and oxygen atoms in total. The van der Waals surface area contributed by atoms with Crippen LogP contribution in [0.15, 0.2) is 60.2 Å². The number of nitrogens with one attached hydrogen (secondary N) is 1. The number of benzene rings is 2. The second kappa shape index (κ2) is 11.8. The maximum absolute atomic E-state index is 12.7. The number of halogens is 2. The van der Waals surface area contributed by atoms with Crippen molar-refractivity contribution in [2.75, 3.05) is 13.2 Å². The lowest BCUT2D eigenvalue weighted by molar-refractivity contribution is -0.137. The minimum Gasteiger partial charge on any atom is -0.482 e. The van der Waals surface area contributed by atoms with Gasteiger partial charge < -0.3 is 25.2 Å². The van der Waals surface area contributed by atoms with Gasteiger partial charge in [0.15, 0.2) is 0 Å². The SMILES string of the molecule is CC(=O)N(Cc1ccc(Cl)cc1)[C@@H]1CC(C(=O)NCCO)=C[C@H](Oc2ccccc2I)[C@H]1O. The number of amides is 2. The van der Waals surface area contributed by atoms with Crippen LogP contribution < -0.4 is 10.1 Å². The Morgan fingerprint density at radius 1 is 1.21 bits per heavy atom. The zero-order valence-corrected chi connectivity index (χ0v) is 21.0. The Morgan fingerprint density at radius 2 is 1.91 bits per heavy atom. The Kier molecular flexibility index (Phi) is 9.13. The molecule has 2 aromatic rings. The lowest BCUT2D eigenvalue weighted by Gasteiger charge is -2.40. The van der Waals surface area contributed by atoms with Crippen molar-refractivity contribution in [1.82, 2.24) is 10.2 Å². The number of nitrogens with zero attached hydrogens (tertiary/aromatic N) is 1. The fourth-order valence-electron chi connectivity index (χ4n) is 3.72. The Bertz CT molecular complexity index is 1010.